The van der Waals surface area contributed by atoms with Gasteiger partial charge in [-0.1, -0.05) is 30.3 Å². The molecule has 4 heteroatoms. The molecule has 3 rings (SSSR count). The molecule has 0 N–H and O–H groups in total. The van der Waals surface area contributed by atoms with Gasteiger partial charge in [-0.3, -0.25) is 9.69 Å². The van der Waals surface area contributed by atoms with Gasteiger partial charge in [-0.25, -0.2) is 0 Å². The maximum Gasteiger partial charge on any atom is 0.255 e. The van der Waals surface area contributed by atoms with Crippen LogP contribution in [-0.4, -0.2) is 46.5 Å². The topological polar surface area (TPSA) is 28.5 Å². The number of amides is 1. The SMILES string of the molecule is Cc1cc(C(=O)N2CCN(Cc3ccccc3)CC2)c(C)n1C. The van der Waals surface area contributed by atoms with Crippen LogP contribution in [0.5, 0.6) is 0 Å². The number of aromatic nitrogens is 1. The van der Waals surface area contributed by atoms with E-state index in [1.54, 1.807) is 0 Å². The molecule has 1 saturated heterocycles. The Labute approximate surface area is 138 Å². The molecule has 0 atom stereocenters. The maximum atomic E-state index is 12.7. The third-order valence-corrected chi connectivity index (χ3v) is 4.91. The molecule has 0 saturated carbocycles. The number of carbonyl (C=O) groups is 1. The van der Waals surface area contributed by atoms with Gasteiger partial charge in [0.05, 0.1) is 5.56 Å². The summed E-state index contributed by atoms with van der Waals surface area (Å²) >= 11 is 0. The summed E-state index contributed by atoms with van der Waals surface area (Å²) in [5.74, 6) is 0.172. The number of rotatable bonds is 3. The molecule has 2 heterocycles. The Bertz CT molecular complexity index is 682. The second-order valence-corrected chi connectivity index (χ2v) is 6.40. The van der Waals surface area contributed by atoms with E-state index in [4.69, 9.17) is 0 Å². The lowest BCUT2D eigenvalue weighted by atomic mass is 10.1. The highest BCUT2D eigenvalue weighted by atomic mass is 16.2. The standard InChI is InChI=1S/C19H25N3O/c1-15-13-18(16(2)20(15)3)19(23)22-11-9-21(10-12-22)14-17-7-5-4-6-8-17/h4-8,13H,9-12,14H2,1-3H3. The van der Waals surface area contributed by atoms with Crippen molar-refractivity contribution in [1.82, 2.24) is 14.4 Å². The summed E-state index contributed by atoms with van der Waals surface area (Å²) < 4.78 is 2.08. The van der Waals surface area contributed by atoms with Gasteiger partial charge in [0, 0.05) is 51.2 Å². The van der Waals surface area contributed by atoms with E-state index in [9.17, 15) is 4.79 Å². The number of aryl methyl sites for hydroxylation is 1. The predicted octanol–water partition coefficient (Wildman–Crippen LogP) is 2.60. The molecule has 1 aliphatic rings. The van der Waals surface area contributed by atoms with Gasteiger partial charge in [-0.15, -0.1) is 0 Å². The van der Waals surface area contributed by atoms with Crippen molar-refractivity contribution in [2.75, 3.05) is 26.2 Å². The summed E-state index contributed by atoms with van der Waals surface area (Å²) in [6.45, 7) is 8.51. The lowest BCUT2D eigenvalue weighted by Gasteiger charge is -2.34. The van der Waals surface area contributed by atoms with Crippen LogP contribution in [0.3, 0.4) is 0 Å². The lowest BCUT2D eigenvalue weighted by Crippen LogP contribution is -2.48. The molecule has 1 fully saturated rings. The van der Waals surface area contributed by atoms with Gasteiger partial charge >= 0.3 is 0 Å². The Morgan fingerprint density at radius 1 is 1.04 bits per heavy atom. The van der Waals surface area contributed by atoms with Crippen molar-refractivity contribution >= 4 is 5.91 Å². The molecule has 122 valence electrons. The molecule has 1 aromatic heterocycles. The molecular formula is C19H25N3O. The van der Waals surface area contributed by atoms with Gasteiger partial charge in [0.25, 0.3) is 5.91 Å². The smallest absolute Gasteiger partial charge is 0.255 e. The largest absolute Gasteiger partial charge is 0.351 e. The van der Waals surface area contributed by atoms with E-state index < -0.39 is 0 Å². The Morgan fingerprint density at radius 2 is 1.70 bits per heavy atom. The van der Waals surface area contributed by atoms with Gasteiger partial charge in [0.1, 0.15) is 0 Å². The highest BCUT2D eigenvalue weighted by molar-refractivity contribution is 5.95. The zero-order valence-electron chi connectivity index (χ0n) is 14.2. The molecule has 0 aliphatic carbocycles. The van der Waals surface area contributed by atoms with Crippen molar-refractivity contribution < 1.29 is 4.79 Å². The average Bonchev–Trinajstić information content (AvgIpc) is 2.83. The quantitative estimate of drug-likeness (QED) is 0.872. The van der Waals surface area contributed by atoms with Gasteiger partial charge in [0.15, 0.2) is 0 Å². The van der Waals surface area contributed by atoms with E-state index in [2.05, 4.69) is 33.7 Å². The van der Waals surface area contributed by atoms with Crippen LogP contribution in [0.25, 0.3) is 0 Å². The first-order chi connectivity index (χ1) is 11.1. The molecular weight excluding hydrogens is 286 g/mol. The van der Waals surface area contributed by atoms with Crippen LogP contribution >= 0.6 is 0 Å². The van der Waals surface area contributed by atoms with Crippen molar-refractivity contribution in [2.24, 2.45) is 7.05 Å². The molecule has 0 radical (unpaired) electrons. The fourth-order valence-corrected chi connectivity index (χ4v) is 3.19. The second-order valence-electron chi connectivity index (χ2n) is 6.40. The average molecular weight is 311 g/mol. The van der Waals surface area contributed by atoms with Crippen LogP contribution < -0.4 is 0 Å². The van der Waals surface area contributed by atoms with Crippen LogP contribution in [0.4, 0.5) is 0 Å². The van der Waals surface area contributed by atoms with Crippen molar-refractivity contribution in [3.8, 4) is 0 Å². The van der Waals surface area contributed by atoms with Crippen LogP contribution in [0.2, 0.25) is 0 Å². The summed E-state index contributed by atoms with van der Waals surface area (Å²) in [6.07, 6.45) is 0. The molecule has 0 spiro atoms. The Morgan fingerprint density at radius 3 is 2.26 bits per heavy atom. The summed E-state index contributed by atoms with van der Waals surface area (Å²) in [5.41, 5.74) is 4.37. The van der Waals surface area contributed by atoms with Gasteiger partial charge in [0.2, 0.25) is 0 Å². The van der Waals surface area contributed by atoms with Crippen LogP contribution in [-0.2, 0) is 13.6 Å². The zero-order chi connectivity index (χ0) is 16.4. The molecule has 4 nitrogen and oxygen atoms in total. The fraction of sp³-hybridized carbons (Fsp3) is 0.421. The molecule has 1 aliphatic heterocycles. The molecule has 1 amide bonds. The second kappa shape index (κ2) is 6.59. The molecule has 1 aromatic carbocycles. The number of carbonyl (C=O) groups excluding carboxylic acids is 1. The molecule has 0 unspecified atom stereocenters. The predicted molar refractivity (Wildman–Crippen MR) is 92.5 cm³/mol. The van der Waals surface area contributed by atoms with Crippen molar-refractivity contribution in [3.05, 3.63) is 58.9 Å². The van der Waals surface area contributed by atoms with E-state index in [1.165, 1.54) is 5.56 Å². The molecule has 23 heavy (non-hydrogen) atoms. The summed E-state index contributed by atoms with van der Waals surface area (Å²) in [5, 5.41) is 0. The third kappa shape index (κ3) is 3.32. The number of piperazine rings is 1. The first kappa shape index (κ1) is 15.8. The van der Waals surface area contributed by atoms with Gasteiger partial charge < -0.3 is 9.47 Å². The maximum absolute atomic E-state index is 12.7. The normalized spacial score (nSPS) is 15.9. The number of nitrogens with zero attached hydrogens (tertiary/aromatic N) is 3. The monoisotopic (exact) mass is 311 g/mol. The summed E-state index contributed by atoms with van der Waals surface area (Å²) in [4.78, 5) is 17.2. The first-order valence-electron chi connectivity index (χ1n) is 8.24. The van der Waals surface area contributed by atoms with Crippen LogP contribution in [0, 0.1) is 13.8 Å². The zero-order valence-corrected chi connectivity index (χ0v) is 14.2. The highest BCUT2D eigenvalue weighted by Gasteiger charge is 2.24. The Hall–Kier alpha value is -2.07. The number of hydrogen-bond acceptors (Lipinski definition) is 2. The molecule has 0 bridgehead atoms. The lowest BCUT2D eigenvalue weighted by molar-refractivity contribution is 0.0627. The minimum Gasteiger partial charge on any atom is -0.351 e. The van der Waals surface area contributed by atoms with E-state index in [0.717, 1.165) is 49.7 Å². The van der Waals surface area contributed by atoms with E-state index in [1.807, 2.05) is 37.9 Å². The number of benzene rings is 1. The van der Waals surface area contributed by atoms with Crippen molar-refractivity contribution in [2.45, 2.75) is 20.4 Å². The van der Waals surface area contributed by atoms with Crippen LogP contribution in [0.15, 0.2) is 36.4 Å². The fourth-order valence-electron chi connectivity index (χ4n) is 3.19. The minimum atomic E-state index is 0.172. The van der Waals surface area contributed by atoms with Gasteiger partial charge in [-0.05, 0) is 25.5 Å². The Kier molecular flexibility index (Phi) is 4.53. The highest BCUT2D eigenvalue weighted by Crippen LogP contribution is 2.17. The first-order valence-corrected chi connectivity index (χ1v) is 8.24. The van der Waals surface area contributed by atoms with Crippen molar-refractivity contribution in [1.29, 1.82) is 0 Å². The summed E-state index contributed by atoms with van der Waals surface area (Å²) in [7, 11) is 2.01. The van der Waals surface area contributed by atoms with E-state index >= 15 is 0 Å². The third-order valence-electron chi connectivity index (χ3n) is 4.91. The van der Waals surface area contributed by atoms with Crippen molar-refractivity contribution in [3.63, 3.8) is 0 Å². The number of hydrogen-bond donors (Lipinski definition) is 0. The minimum absolute atomic E-state index is 0.172. The van der Waals surface area contributed by atoms with Gasteiger partial charge in [-0.2, -0.15) is 0 Å². The van der Waals surface area contributed by atoms with E-state index in [0.29, 0.717) is 0 Å². The van der Waals surface area contributed by atoms with E-state index in [-0.39, 0.29) is 5.91 Å². The molecule has 2 aromatic rings. The summed E-state index contributed by atoms with van der Waals surface area (Å²) in [6, 6.07) is 12.5. The van der Waals surface area contributed by atoms with Crippen LogP contribution in [0.1, 0.15) is 27.3 Å². The Balaban J connectivity index is 1.60.